The van der Waals surface area contributed by atoms with Gasteiger partial charge < -0.3 is 5.32 Å². The highest BCUT2D eigenvalue weighted by Crippen LogP contribution is 2.27. The van der Waals surface area contributed by atoms with Crippen molar-refractivity contribution in [1.29, 1.82) is 0 Å². The summed E-state index contributed by atoms with van der Waals surface area (Å²) in [7, 11) is 2.24. The van der Waals surface area contributed by atoms with E-state index in [4.69, 9.17) is 4.99 Å². The molecule has 1 aliphatic carbocycles. The predicted octanol–water partition coefficient (Wildman–Crippen LogP) is 2.58. The van der Waals surface area contributed by atoms with Gasteiger partial charge in [0.05, 0.1) is 6.54 Å². The van der Waals surface area contributed by atoms with Crippen molar-refractivity contribution in [1.82, 2.24) is 10.2 Å². The summed E-state index contributed by atoms with van der Waals surface area (Å²) in [5, 5.41) is 4.72. The van der Waals surface area contributed by atoms with Gasteiger partial charge in [0.25, 0.3) is 0 Å². The minimum atomic E-state index is 0.566. The largest absolute Gasteiger partial charge is 0.361 e. The molecule has 1 aliphatic heterocycles. The lowest BCUT2D eigenvalue weighted by atomic mass is 10.1. The molecule has 2 aliphatic rings. The van der Waals surface area contributed by atoms with E-state index in [2.05, 4.69) is 38.0 Å². The maximum atomic E-state index is 4.74. The molecule has 4 heteroatoms. The highest BCUT2D eigenvalue weighted by atomic mass is 32.2. The predicted molar refractivity (Wildman–Crippen MR) is 81.4 cm³/mol. The topological polar surface area (TPSA) is 27.6 Å². The van der Waals surface area contributed by atoms with Crippen LogP contribution in [-0.2, 0) is 0 Å². The third-order valence-corrected chi connectivity index (χ3v) is 4.91. The van der Waals surface area contributed by atoms with Crippen molar-refractivity contribution in [2.75, 3.05) is 19.3 Å². The van der Waals surface area contributed by atoms with E-state index in [1.165, 1.54) is 25.0 Å². The molecule has 104 valence electrons. The van der Waals surface area contributed by atoms with E-state index >= 15 is 0 Å². The fourth-order valence-electron chi connectivity index (χ4n) is 2.41. The van der Waals surface area contributed by atoms with E-state index < -0.39 is 0 Å². The molecule has 0 bridgehead atoms. The average molecular weight is 269 g/mol. The van der Waals surface area contributed by atoms with Gasteiger partial charge in [-0.25, -0.2) is 0 Å². The molecule has 0 spiro atoms. The summed E-state index contributed by atoms with van der Waals surface area (Å²) < 4.78 is 0. The normalized spacial score (nSPS) is 28.1. The number of thioether (sulfide) groups is 1. The van der Waals surface area contributed by atoms with E-state index in [0.717, 1.165) is 23.7 Å². The lowest BCUT2D eigenvalue weighted by molar-refractivity contribution is 0.253. The maximum Gasteiger partial charge on any atom is 0.156 e. The van der Waals surface area contributed by atoms with Gasteiger partial charge in [0.15, 0.2) is 5.17 Å². The van der Waals surface area contributed by atoms with Crippen LogP contribution in [0.1, 0.15) is 40.0 Å². The molecule has 0 amide bonds. The molecule has 2 unspecified atom stereocenters. The second-order valence-electron chi connectivity index (χ2n) is 6.17. The fourth-order valence-corrected chi connectivity index (χ4v) is 3.40. The standard InChI is InChI=1S/C14H27N3S/c1-10(2)7-12-9-18-14(16-12)15-8-11(3)17(4)13-5-6-13/h10-13H,5-9H2,1-4H3,(H,15,16). The van der Waals surface area contributed by atoms with Crippen LogP contribution in [0.2, 0.25) is 0 Å². The zero-order valence-electron chi connectivity index (χ0n) is 12.1. The summed E-state index contributed by atoms with van der Waals surface area (Å²) in [5.41, 5.74) is 0. The van der Waals surface area contributed by atoms with E-state index in [-0.39, 0.29) is 0 Å². The number of aliphatic imine (C=N–C) groups is 1. The Morgan fingerprint density at radius 1 is 1.39 bits per heavy atom. The van der Waals surface area contributed by atoms with Crippen LogP contribution in [-0.4, -0.2) is 47.5 Å². The summed E-state index contributed by atoms with van der Waals surface area (Å²) in [6.45, 7) is 7.78. The van der Waals surface area contributed by atoms with Gasteiger partial charge in [0, 0.05) is 23.9 Å². The molecule has 2 fully saturated rings. The van der Waals surface area contributed by atoms with Gasteiger partial charge in [-0.3, -0.25) is 9.89 Å². The van der Waals surface area contributed by atoms with Crippen molar-refractivity contribution in [3.8, 4) is 0 Å². The molecule has 18 heavy (non-hydrogen) atoms. The van der Waals surface area contributed by atoms with Crippen molar-refractivity contribution in [2.24, 2.45) is 10.9 Å². The number of nitrogens with zero attached hydrogens (tertiary/aromatic N) is 2. The molecule has 2 rings (SSSR count). The Morgan fingerprint density at radius 2 is 2.11 bits per heavy atom. The Morgan fingerprint density at radius 3 is 2.72 bits per heavy atom. The Kier molecular flexibility index (Phi) is 4.96. The van der Waals surface area contributed by atoms with Gasteiger partial charge in [0.2, 0.25) is 0 Å². The fraction of sp³-hybridized carbons (Fsp3) is 0.929. The number of nitrogens with one attached hydrogen (secondary N) is 1. The number of hydrogen-bond donors (Lipinski definition) is 1. The minimum absolute atomic E-state index is 0.566. The first-order valence-electron chi connectivity index (χ1n) is 7.22. The molecular weight excluding hydrogens is 242 g/mol. The Hall–Kier alpha value is -0.220. The Bertz CT molecular complexity index is 299. The van der Waals surface area contributed by atoms with Crippen LogP contribution in [0.25, 0.3) is 0 Å². The van der Waals surface area contributed by atoms with Gasteiger partial charge in [0.1, 0.15) is 0 Å². The van der Waals surface area contributed by atoms with Crippen LogP contribution in [0.15, 0.2) is 4.99 Å². The van der Waals surface area contributed by atoms with Crippen molar-refractivity contribution in [3.05, 3.63) is 0 Å². The second kappa shape index (κ2) is 6.29. The molecule has 0 aromatic heterocycles. The number of amidine groups is 1. The maximum absolute atomic E-state index is 4.74. The first kappa shape index (κ1) is 14.2. The van der Waals surface area contributed by atoms with E-state index in [9.17, 15) is 0 Å². The SMILES string of the molecule is CC(C)CC1CSC(=NCC(C)N(C)C2CC2)N1. The second-order valence-corrected chi connectivity index (χ2v) is 7.18. The van der Waals surface area contributed by atoms with Crippen LogP contribution in [0.3, 0.4) is 0 Å². The van der Waals surface area contributed by atoms with Crippen LogP contribution < -0.4 is 5.32 Å². The number of hydrogen-bond acceptors (Lipinski definition) is 3. The third-order valence-electron chi connectivity index (χ3n) is 3.82. The van der Waals surface area contributed by atoms with Crippen LogP contribution in [0.5, 0.6) is 0 Å². The molecule has 1 saturated heterocycles. The van der Waals surface area contributed by atoms with Gasteiger partial charge in [-0.2, -0.15) is 0 Å². The minimum Gasteiger partial charge on any atom is -0.361 e. The van der Waals surface area contributed by atoms with Crippen molar-refractivity contribution < 1.29 is 0 Å². The molecule has 0 aromatic carbocycles. The summed E-state index contributed by atoms with van der Waals surface area (Å²) in [5.74, 6) is 1.95. The van der Waals surface area contributed by atoms with Crippen molar-refractivity contribution in [3.63, 3.8) is 0 Å². The molecule has 3 nitrogen and oxygen atoms in total. The van der Waals surface area contributed by atoms with Gasteiger partial charge in [-0.1, -0.05) is 25.6 Å². The van der Waals surface area contributed by atoms with Gasteiger partial charge >= 0.3 is 0 Å². The van der Waals surface area contributed by atoms with E-state index in [1.54, 1.807) is 0 Å². The van der Waals surface area contributed by atoms with Crippen LogP contribution in [0, 0.1) is 5.92 Å². The molecule has 1 saturated carbocycles. The third kappa shape index (κ3) is 4.16. The summed E-state index contributed by atoms with van der Waals surface area (Å²) in [4.78, 5) is 7.22. The zero-order chi connectivity index (χ0) is 13.1. The summed E-state index contributed by atoms with van der Waals surface area (Å²) >= 11 is 1.89. The van der Waals surface area contributed by atoms with Crippen molar-refractivity contribution >= 4 is 16.9 Å². The first-order valence-corrected chi connectivity index (χ1v) is 8.20. The first-order chi connectivity index (χ1) is 8.56. The Balaban J connectivity index is 1.73. The monoisotopic (exact) mass is 269 g/mol. The molecule has 0 radical (unpaired) electrons. The van der Waals surface area contributed by atoms with Crippen LogP contribution >= 0.6 is 11.8 Å². The molecule has 1 heterocycles. The molecule has 0 aromatic rings. The van der Waals surface area contributed by atoms with Crippen molar-refractivity contribution in [2.45, 2.75) is 58.2 Å². The van der Waals surface area contributed by atoms with Gasteiger partial charge in [-0.05, 0) is 39.2 Å². The summed E-state index contributed by atoms with van der Waals surface area (Å²) in [6.07, 6.45) is 4.01. The number of rotatable bonds is 6. The highest BCUT2D eigenvalue weighted by Gasteiger charge is 2.29. The van der Waals surface area contributed by atoms with Crippen LogP contribution in [0.4, 0.5) is 0 Å². The average Bonchev–Trinajstić information content (AvgIpc) is 3.07. The van der Waals surface area contributed by atoms with E-state index in [0.29, 0.717) is 12.1 Å². The van der Waals surface area contributed by atoms with Gasteiger partial charge in [-0.15, -0.1) is 0 Å². The quantitative estimate of drug-likeness (QED) is 0.803. The summed E-state index contributed by atoms with van der Waals surface area (Å²) in [6, 6.07) is 2.03. The number of likely N-dealkylation sites (N-methyl/N-ethyl adjacent to an activating group) is 1. The smallest absolute Gasteiger partial charge is 0.156 e. The Labute approximate surface area is 116 Å². The molecular formula is C14H27N3S. The zero-order valence-corrected chi connectivity index (χ0v) is 13.0. The lowest BCUT2D eigenvalue weighted by Crippen LogP contribution is -2.34. The van der Waals surface area contributed by atoms with E-state index in [1.807, 2.05) is 11.8 Å². The molecule has 1 N–H and O–H groups in total. The molecule has 2 atom stereocenters. The highest BCUT2D eigenvalue weighted by molar-refractivity contribution is 8.14. The lowest BCUT2D eigenvalue weighted by Gasteiger charge is -2.22.